The van der Waals surface area contributed by atoms with Crippen molar-refractivity contribution in [2.75, 3.05) is 0 Å². The van der Waals surface area contributed by atoms with Crippen molar-refractivity contribution in [1.29, 1.82) is 0 Å². The molecule has 0 amide bonds. The molecule has 5 nitrogen and oxygen atoms in total. The van der Waals surface area contributed by atoms with E-state index in [1.54, 1.807) is 23.7 Å². The molecule has 1 heterocycles. The molecule has 24 heavy (non-hydrogen) atoms. The smallest absolute Gasteiger partial charge is 0.361 e. The van der Waals surface area contributed by atoms with Crippen molar-refractivity contribution in [2.24, 2.45) is 0 Å². The van der Waals surface area contributed by atoms with Crippen LogP contribution in [0, 0.1) is 19.7 Å². The molecule has 0 spiro atoms. The van der Waals surface area contributed by atoms with Crippen LogP contribution in [-0.4, -0.2) is 21.0 Å². The van der Waals surface area contributed by atoms with Gasteiger partial charge in [0, 0.05) is 0 Å². The van der Waals surface area contributed by atoms with Crippen molar-refractivity contribution in [3.05, 3.63) is 76.9 Å². The Morgan fingerprint density at radius 1 is 1.08 bits per heavy atom. The van der Waals surface area contributed by atoms with Crippen LogP contribution >= 0.6 is 0 Å². The van der Waals surface area contributed by atoms with Gasteiger partial charge in [-0.15, -0.1) is 5.10 Å². The number of aromatic nitrogens is 3. The van der Waals surface area contributed by atoms with Gasteiger partial charge in [0.05, 0.1) is 11.4 Å². The van der Waals surface area contributed by atoms with Crippen molar-refractivity contribution in [2.45, 2.75) is 20.5 Å². The molecular formula is C18H16FN3O2. The van der Waals surface area contributed by atoms with E-state index in [-0.39, 0.29) is 18.1 Å². The third-order valence-electron chi connectivity index (χ3n) is 3.65. The second-order valence-electron chi connectivity index (χ2n) is 5.47. The van der Waals surface area contributed by atoms with Crippen LogP contribution in [0.25, 0.3) is 5.69 Å². The van der Waals surface area contributed by atoms with E-state index in [1.807, 2.05) is 31.2 Å². The number of hydrogen-bond donors (Lipinski definition) is 0. The largest absolute Gasteiger partial charge is 0.456 e. The Balaban J connectivity index is 1.74. The number of rotatable bonds is 4. The van der Waals surface area contributed by atoms with Gasteiger partial charge in [0.2, 0.25) is 0 Å². The monoisotopic (exact) mass is 325 g/mol. The van der Waals surface area contributed by atoms with Gasteiger partial charge in [-0.2, -0.15) is 0 Å². The number of nitrogens with zero attached hydrogens (tertiary/aromatic N) is 3. The van der Waals surface area contributed by atoms with Crippen molar-refractivity contribution in [1.82, 2.24) is 15.0 Å². The molecule has 0 bridgehead atoms. The Labute approximate surface area is 138 Å². The van der Waals surface area contributed by atoms with Crippen molar-refractivity contribution in [3.63, 3.8) is 0 Å². The average Bonchev–Trinajstić information content (AvgIpc) is 2.96. The molecule has 6 heteroatoms. The highest BCUT2D eigenvalue weighted by Gasteiger charge is 2.18. The fourth-order valence-electron chi connectivity index (χ4n) is 2.25. The molecule has 3 rings (SSSR count). The quantitative estimate of drug-likeness (QED) is 0.690. The van der Waals surface area contributed by atoms with Gasteiger partial charge in [-0.25, -0.2) is 13.9 Å². The van der Waals surface area contributed by atoms with Crippen LogP contribution in [0.4, 0.5) is 4.39 Å². The highest BCUT2D eigenvalue weighted by molar-refractivity contribution is 5.88. The van der Waals surface area contributed by atoms with Crippen molar-refractivity contribution in [3.8, 4) is 5.69 Å². The van der Waals surface area contributed by atoms with Gasteiger partial charge in [-0.3, -0.25) is 0 Å². The van der Waals surface area contributed by atoms with Crippen LogP contribution in [0.2, 0.25) is 0 Å². The van der Waals surface area contributed by atoms with E-state index in [0.717, 1.165) is 11.3 Å². The third-order valence-corrected chi connectivity index (χ3v) is 3.65. The van der Waals surface area contributed by atoms with Crippen LogP contribution in [0.5, 0.6) is 0 Å². The summed E-state index contributed by atoms with van der Waals surface area (Å²) in [6.45, 7) is 3.81. The molecule has 0 N–H and O–H groups in total. The Kier molecular flexibility index (Phi) is 4.37. The molecule has 0 radical (unpaired) electrons. The van der Waals surface area contributed by atoms with E-state index < -0.39 is 5.97 Å². The van der Waals surface area contributed by atoms with E-state index in [9.17, 15) is 9.18 Å². The van der Waals surface area contributed by atoms with Crippen LogP contribution < -0.4 is 0 Å². The highest BCUT2D eigenvalue weighted by atomic mass is 19.1. The summed E-state index contributed by atoms with van der Waals surface area (Å²) in [5, 5.41) is 7.94. The zero-order valence-corrected chi connectivity index (χ0v) is 13.4. The van der Waals surface area contributed by atoms with Crippen molar-refractivity contribution < 1.29 is 13.9 Å². The Hall–Kier alpha value is -3.02. The lowest BCUT2D eigenvalue weighted by atomic mass is 10.2. The number of ether oxygens (including phenoxy) is 1. The predicted octanol–water partition coefficient (Wildman–Crippen LogP) is 3.38. The Morgan fingerprint density at radius 3 is 2.42 bits per heavy atom. The first kappa shape index (κ1) is 15.9. The minimum Gasteiger partial charge on any atom is -0.456 e. The van der Waals surface area contributed by atoms with Gasteiger partial charge in [0.15, 0.2) is 5.69 Å². The summed E-state index contributed by atoms with van der Waals surface area (Å²) >= 11 is 0. The third kappa shape index (κ3) is 3.32. The zero-order chi connectivity index (χ0) is 17.1. The molecule has 0 aliphatic rings. The minimum absolute atomic E-state index is 0.0515. The lowest BCUT2D eigenvalue weighted by Crippen LogP contribution is -2.08. The molecular weight excluding hydrogens is 309 g/mol. The fourth-order valence-corrected chi connectivity index (χ4v) is 2.25. The molecule has 0 aliphatic carbocycles. The number of esters is 1. The lowest BCUT2D eigenvalue weighted by Gasteiger charge is -2.05. The Morgan fingerprint density at radius 2 is 1.75 bits per heavy atom. The summed E-state index contributed by atoms with van der Waals surface area (Å²) in [6.07, 6.45) is 0. The normalized spacial score (nSPS) is 10.6. The molecule has 0 saturated heterocycles. The van der Waals surface area contributed by atoms with Crippen molar-refractivity contribution >= 4 is 5.97 Å². The van der Waals surface area contributed by atoms with Crippen LogP contribution in [0.15, 0.2) is 48.5 Å². The van der Waals surface area contributed by atoms with Gasteiger partial charge in [0.1, 0.15) is 12.4 Å². The molecule has 1 aromatic heterocycles. The second-order valence-corrected chi connectivity index (χ2v) is 5.47. The number of hydrogen-bond acceptors (Lipinski definition) is 4. The summed E-state index contributed by atoms with van der Waals surface area (Å²) < 4.78 is 19.7. The first-order chi connectivity index (χ1) is 11.5. The number of carbonyl (C=O) groups is 1. The summed E-state index contributed by atoms with van der Waals surface area (Å²) in [5.74, 6) is -0.892. The summed E-state index contributed by atoms with van der Waals surface area (Å²) in [4.78, 5) is 12.2. The molecule has 3 aromatic rings. The number of carbonyl (C=O) groups excluding carboxylic acids is 1. The van der Waals surface area contributed by atoms with Gasteiger partial charge in [-0.05, 0) is 43.7 Å². The summed E-state index contributed by atoms with van der Waals surface area (Å²) in [5.41, 5.74) is 3.42. The van der Waals surface area contributed by atoms with Crippen LogP contribution in [0.1, 0.15) is 27.3 Å². The molecule has 0 fully saturated rings. The maximum atomic E-state index is 12.9. The van der Waals surface area contributed by atoms with Crippen LogP contribution in [0.3, 0.4) is 0 Å². The number of benzene rings is 2. The maximum Gasteiger partial charge on any atom is 0.361 e. The van der Waals surface area contributed by atoms with Gasteiger partial charge >= 0.3 is 5.97 Å². The fraction of sp³-hybridized carbons (Fsp3) is 0.167. The number of aryl methyl sites for hydroxylation is 1. The molecule has 2 aromatic carbocycles. The Bertz CT molecular complexity index is 855. The summed E-state index contributed by atoms with van der Waals surface area (Å²) in [6, 6.07) is 13.5. The number of halogens is 1. The second kappa shape index (κ2) is 6.62. The van der Waals surface area contributed by atoms with Gasteiger partial charge < -0.3 is 4.74 Å². The molecule has 0 aliphatic heterocycles. The molecule has 0 saturated carbocycles. The first-order valence-electron chi connectivity index (χ1n) is 7.45. The van der Waals surface area contributed by atoms with E-state index >= 15 is 0 Å². The standard InChI is InChI=1S/C18H16FN3O2/c1-12-3-9-16(10-4-12)22-13(2)17(20-21-22)18(23)24-11-14-5-7-15(19)8-6-14/h3-10H,11H2,1-2H3. The van der Waals surface area contributed by atoms with E-state index in [4.69, 9.17) is 4.74 Å². The summed E-state index contributed by atoms with van der Waals surface area (Å²) in [7, 11) is 0. The van der Waals surface area contributed by atoms with E-state index in [1.165, 1.54) is 12.1 Å². The topological polar surface area (TPSA) is 57.0 Å². The van der Waals surface area contributed by atoms with Crippen LogP contribution in [-0.2, 0) is 11.3 Å². The molecule has 0 atom stereocenters. The van der Waals surface area contributed by atoms with Gasteiger partial charge in [0.25, 0.3) is 0 Å². The van der Waals surface area contributed by atoms with E-state index in [0.29, 0.717) is 11.3 Å². The predicted molar refractivity (Wildman–Crippen MR) is 86.4 cm³/mol. The lowest BCUT2D eigenvalue weighted by molar-refractivity contribution is 0.0464. The average molecular weight is 325 g/mol. The maximum absolute atomic E-state index is 12.9. The highest BCUT2D eigenvalue weighted by Crippen LogP contribution is 2.14. The zero-order valence-electron chi connectivity index (χ0n) is 13.4. The minimum atomic E-state index is -0.560. The van der Waals surface area contributed by atoms with E-state index in [2.05, 4.69) is 10.3 Å². The first-order valence-corrected chi connectivity index (χ1v) is 7.45. The van der Waals surface area contributed by atoms with Gasteiger partial charge in [-0.1, -0.05) is 35.0 Å². The SMILES string of the molecule is Cc1ccc(-n2nnc(C(=O)OCc3ccc(F)cc3)c2C)cc1. The molecule has 122 valence electrons. The molecule has 0 unspecified atom stereocenters.